The summed E-state index contributed by atoms with van der Waals surface area (Å²) in [7, 11) is 1.34. The fourth-order valence-electron chi connectivity index (χ4n) is 4.42. The predicted octanol–water partition coefficient (Wildman–Crippen LogP) is 6.23. The molecule has 5 rings (SSSR count). The van der Waals surface area contributed by atoms with E-state index in [0.717, 1.165) is 28.1 Å². The van der Waals surface area contributed by atoms with Crippen molar-refractivity contribution < 1.29 is 19.1 Å². The van der Waals surface area contributed by atoms with Gasteiger partial charge in [-0.25, -0.2) is 9.48 Å². The van der Waals surface area contributed by atoms with Crippen molar-refractivity contribution in [2.75, 3.05) is 12.4 Å². The van der Waals surface area contributed by atoms with Gasteiger partial charge in [-0.05, 0) is 62.2 Å². The van der Waals surface area contributed by atoms with Crippen LogP contribution in [0.1, 0.15) is 44.9 Å². The fourth-order valence-corrected chi connectivity index (χ4v) is 5.74. The van der Waals surface area contributed by atoms with Gasteiger partial charge in [0.05, 0.1) is 29.0 Å². The predicted molar refractivity (Wildman–Crippen MR) is 145 cm³/mol. The quantitative estimate of drug-likeness (QED) is 0.319. The molecule has 4 aromatic rings. The zero-order valence-electron chi connectivity index (χ0n) is 21.0. The van der Waals surface area contributed by atoms with Gasteiger partial charge in [0.15, 0.2) is 0 Å². The second kappa shape index (κ2) is 10.1. The van der Waals surface area contributed by atoms with Crippen molar-refractivity contribution >= 4 is 29.5 Å². The molecule has 3 aromatic carbocycles. The third kappa shape index (κ3) is 4.72. The van der Waals surface area contributed by atoms with Crippen LogP contribution in [-0.4, -0.2) is 34.0 Å². The summed E-state index contributed by atoms with van der Waals surface area (Å²) in [6, 6.07) is 22.7. The number of ether oxygens (including phenoxy) is 2. The number of anilines is 1. The first-order chi connectivity index (χ1) is 17.9. The number of nitrogens with zero attached hydrogens (tertiary/aromatic N) is 2. The summed E-state index contributed by atoms with van der Waals surface area (Å²) in [5.41, 5.74) is 5.22. The average Bonchev–Trinajstić information content (AvgIpc) is 3.15. The van der Waals surface area contributed by atoms with E-state index < -0.39 is 5.97 Å². The highest BCUT2D eigenvalue weighted by Crippen LogP contribution is 2.46. The van der Waals surface area contributed by atoms with Crippen molar-refractivity contribution in [3.63, 3.8) is 0 Å². The van der Waals surface area contributed by atoms with Crippen molar-refractivity contribution in [1.29, 1.82) is 0 Å². The number of thioether (sulfide) groups is 1. The van der Waals surface area contributed by atoms with E-state index in [1.54, 1.807) is 36.0 Å². The van der Waals surface area contributed by atoms with Crippen LogP contribution in [0.2, 0.25) is 0 Å². The molecule has 37 heavy (non-hydrogen) atoms. The Bertz CT molecular complexity index is 1480. The molecule has 0 saturated heterocycles. The number of carbonyl (C=O) groups excluding carboxylic acids is 2. The lowest BCUT2D eigenvalue weighted by atomic mass is 10.0. The summed E-state index contributed by atoms with van der Waals surface area (Å²) >= 11 is 1.59. The largest absolute Gasteiger partial charge is 0.465 e. The lowest BCUT2D eigenvalue weighted by Crippen LogP contribution is -2.22. The second-order valence-corrected chi connectivity index (χ2v) is 10.3. The van der Waals surface area contributed by atoms with Crippen LogP contribution in [-0.2, 0) is 9.53 Å². The van der Waals surface area contributed by atoms with Crippen LogP contribution in [0.25, 0.3) is 5.69 Å². The molecule has 1 aliphatic rings. The number of hydrogen-bond donors (Lipinski definition) is 1. The Morgan fingerprint density at radius 1 is 1.00 bits per heavy atom. The number of hydrogen-bond acceptors (Lipinski definition) is 6. The number of esters is 1. The Hall–Kier alpha value is -4.04. The molecule has 8 heteroatoms. The van der Waals surface area contributed by atoms with Gasteiger partial charge in [-0.3, -0.25) is 4.79 Å². The van der Waals surface area contributed by atoms with Crippen LogP contribution in [0.15, 0.2) is 72.8 Å². The van der Waals surface area contributed by atoms with Crippen molar-refractivity contribution in [2.24, 2.45) is 0 Å². The summed E-state index contributed by atoms with van der Waals surface area (Å²) in [6.07, 6.45) is 0. The number of aromatic nitrogens is 2. The number of carbonyl (C=O) groups is 2. The van der Waals surface area contributed by atoms with Crippen LogP contribution < -0.4 is 10.1 Å². The molecule has 0 unspecified atom stereocenters. The van der Waals surface area contributed by atoms with Crippen LogP contribution >= 0.6 is 11.8 Å². The molecule has 1 amide bonds. The average molecular weight is 514 g/mol. The van der Waals surface area contributed by atoms with Crippen LogP contribution in [0.4, 0.5) is 5.82 Å². The Balaban J connectivity index is 1.52. The first-order valence-electron chi connectivity index (χ1n) is 11.9. The maximum Gasteiger partial charge on any atom is 0.341 e. The van der Waals surface area contributed by atoms with Crippen molar-refractivity contribution in [2.45, 2.75) is 31.3 Å². The summed E-state index contributed by atoms with van der Waals surface area (Å²) in [4.78, 5) is 25.1. The van der Waals surface area contributed by atoms with Crippen LogP contribution in [0, 0.1) is 13.8 Å². The number of para-hydroxylation sites is 2. The zero-order valence-corrected chi connectivity index (χ0v) is 21.8. The number of methoxy groups -OCH3 is 1. The Kier molecular flexibility index (Phi) is 6.76. The minimum Gasteiger partial charge on any atom is -0.465 e. The molecule has 0 aliphatic carbocycles. The third-order valence-corrected chi connectivity index (χ3v) is 7.77. The Morgan fingerprint density at radius 3 is 2.43 bits per heavy atom. The van der Waals surface area contributed by atoms with E-state index in [1.165, 1.54) is 7.11 Å². The smallest absolute Gasteiger partial charge is 0.341 e. The Labute approximate surface area is 219 Å². The van der Waals surface area contributed by atoms with Gasteiger partial charge in [-0.2, -0.15) is 5.10 Å². The molecule has 1 aliphatic heterocycles. The van der Waals surface area contributed by atoms with E-state index in [9.17, 15) is 9.59 Å². The topological polar surface area (TPSA) is 82.4 Å². The summed E-state index contributed by atoms with van der Waals surface area (Å²) in [5, 5.41) is 7.58. The molecular formula is C29H27N3O4S. The van der Waals surface area contributed by atoms with E-state index in [0.29, 0.717) is 22.9 Å². The van der Waals surface area contributed by atoms with Gasteiger partial charge >= 0.3 is 5.97 Å². The number of fused-ring (bicyclic) bond motifs is 1. The highest BCUT2D eigenvalue weighted by Gasteiger charge is 2.34. The second-order valence-electron chi connectivity index (χ2n) is 8.85. The van der Waals surface area contributed by atoms with Gasteiger partial charge < -0.3 is 14.8 Å². The minimum absolute atomic E-state index is 0.0529. The SMILES string of the molecule is COC(=O)c1ccccc1Oc1ccc([C@H]2S[C@@H](C)C(=O)Nc3c2c(C)nn3-c2ccccc2C)cc1. The van der Waals surface area contributed by atoms with Gasteiger partial charge in [0.2, 0.25) is 5.91 Å². The maximum absolute atomic E-state index is 13.0. The molecule has 2 atom stereocenters. The number of aryl methyl sites for hydroxylation is 2. The summed E-state index contributed by atoms with van der Waals surface area (Å²) in [5.74, 6) is 1.20. The van der Waals surface area contributed by atoms with Gasteiger partial charge in [-0.15, -0.1) is 11.8 Å². The van der Waals surface area contributed by atoms with E-state index in [2.05, 4.69) is 5.32 Å². The normalized spacial score (nSPS) is 16.9. The van der Waals surface area contributed by atoms with Gasteiger partial charge in [0.1, 0.15) is 22.9 Å². The van der Waals surface area contributed by atoms with E-state index >= 15 is 0 Å². The van der Waals surface area contributed by atoms with Crippen LogP contribution in [0.3, 0.4) is 0 Å². The monoisotopic (exact) mass is 513 g/mol. The summed E-state index contributed by atoms with van der Waals surface area (Å²) in [6.45, 7) is 5.93. The molecule has 1 aromatic heterocycles. The van der Waals surface area contributed by atoms with E-state index in [-0.39, 0.29) is 16.4 Å². The molecule has 1 N–H and O–H groups in total. The highest BCUT2D eigenvalue weighted by molar-refractivity contribution is 8.01. The van der Waals surface area contributed by atoms with Gasteiger partial charge in [0.25, 0.3) is 0 Å². The lowest BCUT2D eigenvalue weighted by Gasteiger charge is -2.18. The number of nitrogens with one attached hydrogen (secondary N) is 1. The van der Waals surface area contributed by atoms with Crippen molar-refractivity contribution in [1.82, 2.24) is 9.78 Å². The third-order valence-electron chi connectivity index (χ3n) is 6.37. The molecule has 2 heterocycles. The van der Waals surface area contributed by atoms with E-state index in [4.69, 9.17) is 14.6 Å². The lowest BCUT2D eigenvalue weighted by molar-refractivity contribution is -0.115. The first-order valence-corrected chi connectivity index (χ1v) is 12.9. The molecular weight excluding hydrogens is 486 g/mol. The molecule has 7 nitrogen and oxygen atoms in total. The molecule has 0 saturated carbocycles. The number of benzene rings is 3. The van der Waals surface area contributed by atoms with Gasteiger partial charge in [0, 0.05) is 5.56 Å². The number of rotatable bonds is 5. The van der Waals surface area contributed by atoms with E-state index in [1.807, 2.05) is 74.0 Å². The standard InChI is InChI=1S/C29H27N3O4S/c1-17-9-5-7-11-23(17)32-27-25(18(2)31-32)26(37-19(3)28(33)30-27)20-13-15-21(16-14-20)36-24-12-8-6-10-22(24)29(34)35-4/h5-16,19,26H,1-4H3,(H,30,33)/t19-,26+/m0/s1. The molecule has 0 fully saturated rings. The molecule has 188 valence electrons. The molecule has 0 radical (unpaired) electrons. The first kappa shape index (κ1) is 24.6. The minimum atomic E-state index is -0.457. The highest BCUT2D eigenvalue weighted by atomic mass is 32.2. The molecule has 0 bridgehead atoms. The molecule has 0 spiro atoms. The van der Waals surface area contributed by atoms with Crippen LogP contribution in [0.5, 0.6) is 11.5 Å². The number of amides is 1. The van der Waals surface area contributed by atoms with Crippen molar-refractivity contribution in [3.05, 3.63) is 101 Å². The van der Waals surface area contributed by atoms with Gasteiger partial charge in [-0.1, -0.05) is 42.5 Å². The van der Waals surface area contributed by atoms with Crippen molar-refractivity contribution in [3.8, 4) is 17.2 Å². The fraction of sp³-hybridized carbons (Fsp3) is 0.207. The Morgan fingerprint density at radius 2 is 1.70 bits per heavy atom. The maximum atomic E-state index is 13.0. The zero-order chi connectivity index (χ0) is 26.1. The summed E-state index contributed by atoms with van der Waals surface area (Å²) < 4.78 is 12.7.